The Morgan fingerprint density at radius 3 is 2.45 bits per heavy atom. The monoisotopic (exact) mass is 297 g/mol. The first-order chi connectivity index (χ1) is 10.8. The number of nitrogens with zero attached hydrogens (tertiary/aromatic N) is 2. The van der Waals surface area contributed by atoms with Crippen LogP contribution >= 0.6 is 0 Å². The van der Waals surface area contributed by atoms with E-state index in [0.717, 1.165) is 5.75 Å². The largest absolute Gasteiger partial charge is 0.497 e. The van der Waals surface area contributed by atoms with Crippen LogP contribution in [0, 0.1) is 0 Å². The summed E-state index contributed by atoms with van der Waals surface area (Å²) in [5.74, 6) is 2.23. The number of para-hydroxylation sites is 1. The van der Waals surface area contributed by atoms with Crippen molar-refractivity contribution in [3.05, 3.63) is 54.4 Å². The van der Waals surface area contributed by atoms with Gasteiger partial charge in [0.05, 0.1) is 12.7 Å². The topological polar surface area (TPSA) is 83.4 Å². The summed E-state index contributed by atoms with van der Waals surface area (Å²) >= 11 is 0. The Balaban J connectivity index is 1.68. The summed E-state index contributed by atoms with van der Waals surface area (Å²) in [6, 6.07) is 14.6. The predicted molar refractivity (Wildman–Crippen MR) is 81.5 cm³/mol. The number of anilines is 1. The van der Waals surface area contributed by atoms with E-state index >= 15 is 0 Å². The maximum Gasteiger partial charge on any atom is 0.254 e. The molecule has 6 heteroatoms. The second-order valence-electron chi connectivity index (χ2n) is 4.55. The highest BCUT2D eigenvalue weighted by Crippen LogP contribution is 2.24. The average Bonchev–Trinajstić information content (AvgIpc) is 3.02. The average molecular weight is 297 g/mol. The Kier molecular flexibility index (Phi) is 3.91. The molecule has 0 unspecified atom stereocenters. The molecule has 6 nitrogen and oxygen atoms in total. The molecule has 0 saturated heterocycles. The number of hydrogen-bond acceptors (Lipinski definition) is 6. The van der Waals surface area contributed by atoms with Crippen molar-refractivity contribution in [1.29, 1.82) is 0 Å². The van der Waals surface area contributed by atoms with Crippen LogP contribution in [0.2, 0.25) is 0 Å². The summed E-state index contributed by atoms with van der Waals surface area (Å²) in [5.41, 5.74) is 7.19. The molecule has 0 bridgehead atoms. The Bertz CT molecular complexity index is 753. The first kappa shape index (κ1) is 13.9. The zero-order valence-electron chi connectivity index (χ0n) is 12.0. The van der Waals surface area contributed by atoms with Gasteiger partial charge in [-0.05, 0) is 36.4 Å². The second kappa shape index (κ2) is 6.17. The molecule has 2 N–H and O–H groups in total. The molecule has 1 heterocycles. The molecular weight excluding hydrogens is 282 g/mol. The van der Waals surface area contributed by atoms with Crippen LogP contribution in [0.3, 0.4) is 0 Å². The van der Waals surface area contributed by atoms with Crippen LogP contribution in [0.5, 0.6) is 11.5 Å². The van der Waals surface area contributed by atoms with Crippen LogP contribution in [-0.2, 0) is 6.61 Å². The molecule has 0 aliphatic heterocycles. The fourth-order valence-electron chi connectivity index (χ4n) is 1.93. The third-order valence-electron chi connectivity index (χ3n) is 3.08. The summed E-state index contributed by atoms with van der Waals surface area (Å²) in [7, 11) is 1.62. The van der Waals surface area contributed by atoms with Crippen molar-refractivity contribution >= 4 is 5.69 Å². The molecular formula is C16H15N3O3. The van der Waals surface area contributed by atoms with Gasteiger partial charge in [-0.2, -0.15) is 0 Å². The van der Waals surface area contributed by atoms with Crippen LogP contribution in [-0.4, -0.2) is 17.3 Å². The molecule has 0 aliphatic rings. The van der Waals surface area contributed by atoms with Crippen molar-refractivity contribution in [3.63, 3.8) is 0 Å². The number of ether oxygens (including phenoxy) is 2. The minimum atomic E-state index is 0.187. The Morgan fingerprint density at radius 2 is 1.73 bits per heavy atom. The molecule has 0 aliphatic carbocycles. The highest BCUT2D eigenvalue weighted by molar-refractivity contribution is 5.69. The Morgan fingerprint density at radius 1 is 1.00 bits per heavy atom. The molecule has 0 saturated carbocycles. The van der Waals surface area contributed by atoms with Gasteiger partial charge in [-0.3, -0.25) is 0 Å². The van der Waals surface area contributed by atoms with E-state index in [1.165, 1.54) is 0 Å². The quantitative estimate of drug-likeness (QED) is 0.729. The minimum absolute atomic E-state index is 0.187. The Hall–Kier alpha value is -3.02. The number of hydrogen-bond donors (Lipinski definition) is 1. The Labute approximate surface area is 127 Å². The van der Waals surface area contributed by atoms with Crippen LogP contribution in [0.25, 0.3) is 11.5 Å². The van der Waals surface area contributed by atoms with Gasteiger partial charge in [-0.1, -0.05) is 12.1 Å². The van der Waals surface area contributed by atoms with Crippen molar-refractivity contribution in [2.45, 2.75) is 6.61 Å². The molecule has 0 radical (unpaired) electrons. The van der Waals surface area contributed by atoms with Gasteiger partial charge < -0.3 is 19.6 Å². The zero-order chi connectivity index (χ0) is 15.4. The van der Waals surface area contributed by atoms with Crippen molar-refractivity contribution in [2.75, 3.05) is 12.8 Å². The normalized spacial score (nSPS) is 10.4. The summed E-state index contributed by atoms with van der Waals surface area (Å²) in [4.78, 5) is 0. The minimum Gasteiger partial charge on any atom is -0.497 e. The molecule has 0 amide bonds. The number of nitrogens with two attached hydrogens (primary N) is 1. The van der Waals surface area contributed by atoms with Crippen LogP contribution < -0.4 is 15.2 Å². The zero-order valence-corrected chi connectivity index (χ0v) is 12.0. The van der Waals surface area contributed by atoms with Gasteiger partial charge in [0.25, 0.3) is 5.89 Å². The van der Waals surface area contributed by atoms with Crippen LogP contribution in [0.15, 0.2) is 52.9 Å². The third kappa shape index (κ3) is 3.01. The summed E-state index contributed by atoms with van der Waals surface area (Å²) in [6.07, 6.45) is 0. The molecule has 3 aromatic rings. The lowest BCUT2D eigenvalue weighted by molar-refractivity contribution is 0.264. The molecule has 0 fully saturated rings. The lowest BCUT2D eigenvalue weighted by atomic mass is 10.2. The number of methoxy groups -OCH3 is 1. The van der Waals surface area contributed by atoms with E-state index in [4.69, 9.17) is 19.6 Å². The maximum absolute atomic E-state index is 5.88. The van der Waals surface area contributed by atoms with Gasteiger partial charge in [0, 0.05) is 5.69 Å². The SMILES string of the molecule is COc1ccc(OCc2nnc(-c3ccccc3N)o2)cc1. The highest BCUT2D eigenvalue weighted by Gasteiger charge is 2.11. The summed E-state index contributed by atoms with van der Waals surface area (Å²) in [5, 5.41) is 7.95. The van der Waals surface area contributed by atoms with Crippen molar-refractivity contribution in [2.24, 2.45) is 0 Å². The molecule has 22 heavy (non-hydrogen) atoms. The van der Waals surface area contributed by atoms with Crippen molar-refractivity contribution in [1.82, 2.24) is 10.2 Å². The highest BCUT2D eigenvalue weighted by atomic mass is 16.5. The number of nitrogen functional groups attached to an aromatic ring is 1. The molecule has 112 valence electrons. The molecule has 0 atom stereocenters. The van der Waals surface area contributed by atoms with Crippen LogP contribution in [0.4, 0.5) is 5.69 Å². The van der Waals surface area contributed by atoms with Crippen molar-refractivity contribution < 1.29 is 13.9 Å². The van der Waals surface area contributed by atoms with Crippen LogP contribution in [0.1, 0.15) is 5.89 Å². The van der Waals surface area contributed by atoms with E-state index in [-0.39, 0.29) is 6.61 Å². The van der Waals surface area contributed by atoms with Gasteiger partial charge >= 0.3 is 0 Å². The number of benzene rings is 2. The molecule has 3 rings (SSSR count). The number of aromatic nitrogens is 2. The van der Waals surface area contributed by atoms with E-state index in [9.17, 15) is 0 Å². The predicted octanol–water partition coefficient (Wildman–Crippen LogP) is 2.91. The summed E-state index contributed by atoms with van der Waals surface area (Å²) in [6.45, 7) is 0.187. The van der Waals surface area contributed by atoms with Gasteiger partial charge in [-0.25, -0.2) is 0 Å². The summed E-state index contributed by atoms with van der Waals surface area (Å²) < 4.78 is 16.2. The van der Waals surface area contributed by atoms with Gasteiger partial charge in [-0.15, -0.1) is 10.2 Å². The van der Waals surface area contributed by atoms with Gasteiger partial charge in [0.1, 0.15) is 11.5 Å². The fourth-order valence-corrected chi connectivity index (χ4v) is 1.93. The molecule has 2 aromatic carbocycles. The number of rotatable bonds is 5. The lowest BCUT2D eigenvalue weighted by Crippen LogP contribution is -1.95. The van der Waals surface area contributed by atoms with E-state index in [1.54, 1.807) is 13.2 Å². The molecule has 1 aromatic heterocycles. The second-order valence-corrected chi connectivity index (χ2v) is 4.55. The van der Waals surface area contributed by atoms with E-state index in [1.807, 2.05) is 42.5 Å². The fraction of sp³-hybridized carbons (Fsp3) is 0.125. The molecule has 0 spiro atoms. The van der Waals surface area contributed by atoms with E-state index in [2.05, 4.69) is 10.2 Å². The lowest BCUT2D eigenvalue weighted by Gasteiger charge is -2.04. The first-order valence-corrected chi connectivity index (χ1v) is 6.70. The maximum atomic E-state index is 5.88. The standard InChI is InChI=1S/C16H15N3O3/c1-20-11-6-8-12(9-7-11)21-10-15-18-19-16(22-15)13-4-2-3-5-14(13)17/h2-9H,10,17H2,1H3. The first-order valence-electron chi connectivity index (χ1n) is 6.70. The third-order valence-corrected chi connectivity index (χ3v) is 3.08. The smallest absolute Gasteiger partial charge is 0.254 e. The van der Waals surface area contributed by atoms with Gasteiger partial charge in [0.2, 0.25) is 5.89 Å². The van der Waals surface area contributed by atoms with E-state index < -0.39 is 0 Å². The van der Waals surface area contributed by atoms with Gasteiger partial charge in [0.15, 0.2) is 6.61 Å². The van der Waals surface area contributed by atoms with Crippen molar-refractivity contribution in [3.8, 4) is 23.0 Å². The van der Waals surface area contributed by atoms with E-state index in [0.29, 0.717) is 28.8 Å².